The molecule has 2 nitrogen and oxygen atoms in total. The smallest absolute Gasteiger partial charge is 0.132 e. The van der Waals surface area contributed by atoms with Crippen molar-refractivity contribution in [1.29, 1.82) is 0 Å². The molecule has 3 rings (SSSR count). The molecule has 132 valence electrons. The molecule has 24 heavy (non-hydrogen) atoms. The van der Waals surface area contributed by atoms with Gasteiger partial charge in [-0.05, 0) is 55.6 Å². The molecule has 1 saturated carbocycles. The first-order valence-corrected chi connectivity index (χ1v) is 9.98. The predicted octanol–water partition coefficient (Wildman–Crippen LogP) is 5.44. The number of hydrogen-bond donors (Lipinski definition) is 0. The van der Waals surface area contributed by atoms with Crippen LogP contribution in [-0.2, 0) is 16.0 Å². The third kappa shape index (κ3) is 4.69. The van der Waals surface area contributed by atoms with E-state index in [9.17, 15) is 4.79 Å². The monoisotopic (exact) mass is 328 g/mol. The molecule has 1 aromatic rings. The summed E-state index contributed by atoms with van der Waals surface area (Å²) in [6, 6.07) is 9.25. The zero-order valence-corrected chi connectivity index (χ0v) is 15.1. The van der Waals surface area contributed by atoms with Gasteiger partial charge in [-0.15, -0.1) is 0 Å². The summed E-state index contributed by atoms with van der Waals surface area (Å²) < 4.78 is 6.22. The van der Waals surface area contributed by atoms with Crippen LogP contribution >= 0.6 is 0 Å². The average Bonchev–Trinajstić information content (AvgIpc) is 2.63. The van der Waals surface area contributed by atoms with Crippen LogP contribution in [0.5, 0.6) is 0 Å². The lowest BCUT2D eigenvalue weighted by Crippen LogP contribution is -2.33. The second-order valence-corrected chi connectivity index (χ2v) is 7.72. The minimum atomic E-state index is 0.391. The molecule has 0 spiro atoms. The molecule has 1 aliphatic heterocycles. The van der Waals surface area contributed by atoms with Gasteiger partial charge < -0.3 is 4.74 Å². The van der Waals surface area contributed by atoms with Crippen LogP contribution in [0.4, 0.5) is 0 Å². The topological polar surface area (TPSA) is 26.3 Å². The number of aryl methyl sites for hydroxylation is 1. The number of Topliss-reactive ketones (excluding diaryl/α,β-unsaturated/α-hetero) is 1. The lowest BCUT2D eigenvalue weighted by molar-refractivity contribution is -0.122. The molecular formula is C22H32O2. The zero-order valence-electron chi connectivity index (χ0n) is 15.1. The molecule has 0 bridgehead atoms. The van der Waals surface area contributed by atoms with Crippen molar-refractivity contribution in [3.8, 4) is 0 Å². The molecular weight excluding hydrogens is 296 g/mol. The van der Waals surface area contributed by atoms with Crippen LogP contribution in [0, 0.1) is 5.92 Å². The molecule has 0 amide bonds. The summed E-state index contributed by atoms with van der Waals surface area (Å²) in [5.74, 6) is 1.61. The largest absolute Gasteiger partial charge is 0.377 e. The van der Waals surface area contributed by atoms with Crippen LogP contribution in [0.3, 0.4) is 0 Å². The van der Waals surface area contributed by atoms with Crippen molar-refractivity contribution in [2.45, 2.75) is 83.2 Å². The van der Waals surface area contributed by atoms with E-state index in [1.165, 1.54) is 43.2 Å². The van der Waals surface area contributed by atoms with Crippen molar-refractivity contribution in [1.82, 2.24) is 0 Å². The Morgan fingerprint density at radius 1 is 1.00 bits per heavy atom. The second-order valence-electron chi connectivity index (χ2n) is 7.72. The Balaban J connectivity index is 1.46. The van der Waals surface area contributed by atoms with E-state index >= 15 is 0 Å². The van der Waals surface area contributed by atoms with Gasteiger partial charge in [0.1, 0.15) is 5.78 Å². The maximum absolute atomic E-state index is 11.4. The van der Waals surface area contributed by atoms with Crippen LogP contribution in [-0.4, -0.2) is 18.5 Å². The number of carbonyl (C=O) groups is 1. The maximum Gasteiger partial charge on any atom is 0.132 e. The summed E-state index contributed by atoms with van der Waals surface area (Å²) in [5.41, 5.74) is 2.90. The molecule has 1 aromatic carbocycles. The number of benzene rings is 1. The van der Waals surface area contributed by atoms with E-state index in [0.29, 0.717) is 23.7 Å². The zero-order chi connectivity index (χ0) is 16.8. The van der Waals surface area contributed by atoms with E-state index in [-0.39, 0.29) is 0 Å². The molecule has 0 N–H and O–H groups in total. The fraction of sp³-hybridized carbons (Fsp3) is 0.682. The third-order valence-electron chi connectivity index (χ3n) is 5.94. The minimum absolute atomic E-state index is 0.391. The van der Waals surface area contributed by atoms with E-state index in [2.05, 4.69) is 31.2 Å². The van der Waals surface area contributed by atoms with Gasteiger partial charge in [0.2, 0.25) is 0 Å². The Labute approximate surface area is 147 Å². The predicted molar refractivity (Wildman–Crippen MR) is 98.4 cm³/mol. The van der Waals surface area contributed by atoms with E-state index < -0.39 is 0 Å². The number of unbranched alkanes of at least 4 members (excludes halogenated alkanes) is 2. The summed E-state index contributed by atoms with van der Waals surface area (Å²) in [4.78, 5) is 11.4. The fourth-order valence-electron chi connectivity index (χ4n) is 4.28. The molecule has 2 unspecified atom stereocenters. The highest BCUT2D eigenvalue weighted by molar-refractivity contribution is 5.79. The van der Waals surface area contributed by atoms with E-state index in [0.717, 1.165) is 38.7 Å². The fourth-order valence-corrected chi connectivity index (χ4v) is 4.28. The van der Waals surface area contributed by atoms with Gasteiger partial charge in [-0.25, -0.2) is 0 Å². The van der Waals surface area contributed by atoms with Gasteiger partial charge in [-0.1, -0.05) is 44.0 Å². The number of carbonyl (C=O) groups excluding carboxylic acids is 1. The summed E-state index contributed by atoms with van der Waals surface area (Å²) in [5, 5.41) is 0. The van der Waals surface area contributed by atoms with Crippen LogP contribution in [0.2, 0.25) is 0 Å². The van der Waals surface area contributed by atoms with E-state index in [1.54, 1.807) is 0 Å². The highest BCUT2D eigenvalue weighted by atomic mass is 16.5. The van der Waals surface area contributed by atoms with Crippen molar-refractivity contribution >= 4 is 5.78 Å². The second kappa shape index (κ2) is 8.80. The summed E-state index contributed by atoms with van der Waals surface area (Å²) in [7, 11) is 0. The van der Waals surface area contributed by atoms with Crippen LogP contribution in [0.15, 0.2) is 24.3 Å². The first kappa shape index (κ1) is 17.7. The average molecular weight is 328 g/mol. The first-order valence-electron chi connectivity index (χ1n) is 9.98. The van der Waals surface area contributed by atoms with Crippen LogP contribution in [0.25, 0.3) is 0 Å². The van der Waals surface area contributed by atoms with Crippen molar-refractivity contribution < 1.29 is 9.53 Å². The molecule has 2 fully saturated rings. The molecule has 1 saturated heterocycles. The molecule has 2 atom stereocenters. The Morgan fingerprint density at radius 2 is 1.75 bits per heavy atom. The van der Waals surface area contributed by atoms with Gasteiger partial charge in [-0.3, -0.25) is 4.79 Å². The van der Waals surface area contributed by atoms with Gasteiger partial charge in [0.05, 0.1) is 12.7 Å². The van der Waals surface area contributed by atoms with Gasteiger partial charge in [0.15, 0.2) is 0 Å². The summed E-state index contributed by atoms with van der Waals surface area (Å²) in [6.45, 7) is 3.11. The lowest BCUT2D eigenvalue weighted by Gasteiger charge is -2.35. The Kier molecular flexibility index (Phi) is 6.48. The number of ether oxygens (including phenoxy) is 1. The van der Waals surface area contributed by atoms with Crippen LogP contribution in [0.1, 0.15) is 81.8 Å². The Morgan fingerprint density at radius 3 is 2.38 bits per heavy atom. The molecule has 0 aromatic heterocycles. The Bertz CT molecular complexity index is 501. The quantitative estimate of drug-likeness (QED) is 0.650. The highest BCUT2D eigenvalue weighted by Crippen LogP contribution is 2.35. The molecule has 0 radical (unpaired) electrons. The van der Waals surface area contributed by atoms with Crippen LogP contribution < -0.4 is 0 Å². The van der Waals surface area contributed by atoms with Gasteiger partial charge in [0.25, 0.3) is 0 Å². The molecule has 1 heterocycles. The number of ketones is 1. The number of rotatable bonds is 6. The molecule has 2 aliphatic rings. The summed E-state index contributed by atoms with van der Waals surface area (Å²) >= 11 is 0. The van der Waals surface area contributed by atoms with Crippen molar-refractivity contribution in [2.75, 3.05) is 6.61 Å². The first-order chi connectivity index (χ1) is 11.8. The van der Waals surface area contributed by atoms with Gasteiger partial charge >= 0.3 is 0 Å². The number of hydrogen-bond acceptors (Lipinski definition) is 2. The minimum Gasteiger partial charge on any atom is -0.377 e. The van der Waals surface area contributed by atoms with Crippen molar-refractivity contribution in [3.05, 3.63) is 35.4 Å². The van der Waals surface area contributed by atoms with Gasteiger partial charge in [0, 0.05) is 18.8 Å². The summed E-state index contributed by atoms with van der Waals surface area (Å²) in [6.07, 6.45) is 11.5. The Hall–Kier alpha value is -1.15. The highest BCUT2D eigenvalue weighted by Gasteiger charge is 2.31. The van der Waals surface area contributed by atoms with Crippen molar-refractivity contribution in [3.63, 3.8) is 0 Å². The molecule has 2 heteroatoms. The van der Waals surface area contributed by atoms with Crippen molar-refractivity contribution in [2.24, 2.45) is 5.92 Å². The van der Waals surface area contributed by atoms with Gasteiger partial charge in [-0.2, -0.15) is 0 Å². The SMILES string of the molecule is CCCCCc1ccc(C2CCC(C3CCC(=O)CC3)OC2)cc1. The maximum atomic E-state index is 11.4. The lowest BCUT2D eigenvalue weighted by atomic mass is 9.80. The van der Waals surface area contributed by atoms with E-state index in [4.69, 9.17) is 4.74 Å². The normalized spacial score (nSPS) is 25.8. The molecule has 1 aliphatic carbocycles. The van der Waals surface area contributed by atoms with E-state index in [1.807, 2.05) is 0 Å². The standard InChI is InChI=1S/C22H32O2/c1-2-3-4-5-17-6-8-18(9-7-17)20-12-15-22(24-16-20)19-10-13-21(23)14-11-19/h6-9,19-20,22H,2-5,10-16H2,1H3. The third-order valence-corrected chi connectivity index (χ3v) is 5.94.